The van der Waals surface area contributed by atoms with Crippen molar-refractivity contribution in [2.75, 3.05) is 0 Å². The Morgan fingerprint density at radius 3 is 2.62 bits per heavy atom. The normalized spacial score (nSPS) is 40.2. The molecular weight excluding hydrogens is 176 g/mol. The van der Waals surface area contributed by atoms with E-state index in [0.29, 0.717) is 6.42 Å². The summed E-state index contributed by atoms with van der Waals surface area (Å²) in [4.78, 5) is 10.6. The minimum atomic E-state index is -1.09. The van der Waals surface area contributed by atoms with Crippen LogP contribution in [-0.4, -0.2) is 45.7 Å². The molecule has 0 spiro atoms. The van der Waals surface area contributed by atoms with Gasteiger partial charge in [-0.3, -0.25) is 0 Å². The van der Waals surface area contributed by atoms with Gasteiger partial charge in [0.05, 0.1) is 12.2 Å². The fourth-order valence-corrected chi connectivity index (χ4v) is 1.45. The van der Waals surface area contributed by atoms with Crippen LogP contribution in [0.5, 0.6) is 0 Å². The van der Waals surface area contributed by atoms with Crippen molar-refractivity contribution < 1.29 is 24.9 Å². The van der Waals surface area contributed by atoms with Gasteiger partial charge >= 0.3 is 5.97 Å². The Bertz CT molecular complexity index is 193. The lowest BCUT2D eigenvalue weighted by atomic mass is 9.96. The summed E-state index contributed by atoms with van der Waals surface area (Å²) in [6, 6.07) is 0. The number of aliphatic hydroxyl groups excluding tert-OH is 2. The van der Waals surface area contributed by atoms with Gasteiger partial charge in [-0.05, 0) is 6.42 Å². The van der Waals surface area contributed by atoms with Crippen LogP contribution in [0.25, 0.3) is 0 Å². The molecule has 0 bridgehead atoms. The van der Waals surface area contributed by atoms with Crippen molar-refractivity contribution in [3.8, 4) is 0 Å². The van der Waals surface area contributed by atoms with Gasteiger partial charge in [0.2, 0.25) is 0 Å². The van der Waals surface area contributed by atoms with Gasteiger partial charge in [-0.1, -0.05) is 6.92 Å². The number of hydrogen-bond acceptors (Lipinski definition) is 4. The van der Waals surface area contributed by atoms with Crippen LogP contribution in [0.1, 0.15) is 19.8 Å². The zero-order valence-corrected chi connectivity index (χ0v) is 7.38. The predicted octanol–water partition coefficient (Wildman–Crippen LogP) is -0.640. The highest BCUT2D eigenvalue weighted by Gasteiger charge is 2.38. The minimum absolute atomic E-state index is 0.0486. The summed E-state index contributed by atoms with van der Waals surface area (Å²) in [5.74, 6) is -1.09. The molecule has 1 fully saturated rings. The molecule has 1 heterocycles. The molecular formula is C8H14O5. The summed E-state index contributed by atoms with van der Waals surface area (Å²) in [5.41, 5.74) is 0. The third kappa shape index (κ3) is 2.18. The Morgan fingerprint density at radius 1 is 1.54 bits per heavy atom. The quantitative estimate of drug-likeness (QED) is 0.539. The van der Waals surface area contributed by atoms with Crippen molar-refractivity contribution in [3.05, 3.63) is 0 Å². The van der Waals surface area contributed by atoms with Crippen molar-refractivity contribution in [1.29, 1.82) is 0 Å². The summed E-state index contributed by atoms with van der Waals surface area (Å²) in [6.45, 7) is 1.77. The van der Waals surface area contributed by atoms with Crippen molar-refractivity contribution >= 4 is 5.97 Å². The lowest BCUT2D eigenvalue weighted by Crippen LogP contribution is -2.50. The van der Waals surface area contributed by atoms with E-state index in [-0.39, 0.29) is 6.42 Å². The second-order valence-corrected chi connectivity index (χ2v) is 3.20. The molecule has 3 N–H and O–H groups in total. The van der Waals surface area contributed by atoms with E-state index in [1.165, 1.54) is 0 Å². The van der Waals surface area contributed by atoms with Crippen LogP contribution in [0.3, 0.4) is 0 Å². The summed E-state index contributed by atoms with van der Waals surface area (Å²) in [6.07, 6.45) is -3.11. The average Bonchev–Trinajstić information content (AvgIpc) is 2.09. The van der Waals surface area contributed by atoms with Crippen molar-refractivity contribution in [1.82, 2.24) is 0 Å². The third-order valence-corrected chi connectivity index (χ3v) is 2.25. The molecule has 5 heteroatoms. The standard InChI is InChI=1S/C8H14O5/c1-2-5-7(10)4(9)3-6(13-5)8(11)12/h4-7,9-10H,2-3H2,1H3,(H,11,12)/t4-,5-,6?,7+/m0/s1. The molecule has 1 saturated heterocycles. The molecule has 1 aliphatic heterocycles. The monoisotopic (exact) mass is 190 g/mol. The SMILES string of the molecule is CC[C@@H]1OC(C(=O)O)C[C@H](O)[C@H]1O. The number of hydrogen-bond donors (Lipinski definition) is 3. The average molecular weight is 190 g/mol. The predicted molar refractivity (Wildman–Crippen MR) is 43.2 cm³/mol. The molecule has 1 rings (SSSR count). The van der Waals surface area contributed by atoms with Gasteiger partial charge in [-0.25, -0.2) is 4.79 Å². The van der Waals surface area contributed by atoms with Crippen LogP contribution in [0.2, 0.25) is 0 Å². The van der Waals surface area contributed by atoms with Crippen molar-refractivity contribution in [3.63, 3.8) is 0 Å². The van der Waals surface area contributed by atoms with Crippen LogP contribution >= 0.6 is 0 Å². The lowest BCUT2D eigenvalue weighted by Gasteiger charge is -2.34. The number of carboxylic acids is 1. The van der Waals surface area contributed by atoms with E-state index in [9.17, 15) is 15.0 Å². The first-order valence-electron chi connectivity index (χ1n) is 4.30. The van der Waals surface area contributed by atoms with E-state index in [1.54, 1.807) is 6.92 Å². The maximum Gasteiger partial charge on any atom is 0.332 e. The Hall–Kier alpha value is -0.650. The number of aliphatic carboxylic acids is 1. The Balaban J connectivity index is 2.63. The first-order valence-corrected chi connectivity index (χ1v) is 4.30. The van der Waals surface area contributed by atoms with Gasteiger partial charge < -0.3 is 20.1 Å². The Morgan fingerprint density at radius 2 is 2.15 bits per heavy atom. The molecule has 0 aromatic carbocycles. The molecule has 0 aromatic rings. The van der Waals surface area contributed by atoms with E-state index in [2.05, 4.69) is 0 Å². The van der Waals surface area contributed by atoms with Crippen LogP contribution in [0.4, 0.5) is 0 Å². The van der Waals surface area contributed by atoms with Gasteiger partial charge in [-0.2, -0.15) is 0 Å². The Kier molecular flexibility index (Phi) is 3.24. The number of ether oxygens (including phenoxy) is 1. The Labute approximate surface area is 75.9 Å². The molecule has 4 atom stereocenters. The summed E-state index contributed by atoms with van der Waals surface area (Å²) in [5, 5.41) is 27.3. The van der Waals surface area contributed by atoms with Gasteiger partial charge in [0.15, 0.2) is 6.10 Å². The van der Waals surface area contributed by atoms with Gasteiger partial charge in [0, 0.05) is 6.42 Å². The maximum absolute atomic E-state index is 10.6. The minimum Gasteiger partial charge on any atom is -0.479 e. The largest absolute Gasteiger partial charge is 0.479 e. The van der Waals surface area contributed by atoms with Gasteiger partial charge in [0.25, 0.3) is 0 Å². The molecule has 13 heavy (non-hydrogen) atoms. The number of aliphatic hydroxyl groups is 2. The maximum atomic E-state index is 10.6. The molecule has 0 amide bonds. The van der Waals surface area contributed by atoms with E-state index >= 15 is 0 Å². The molecule has 0 aromatic heterocycles. The number of carbonyl (C=O) groups is 1. The van der Waals surface area contributed by atoms with Crippen LogP contribution < -0.4 is 0 Å². The smallest absolute Gasteiger partial charge is 0.332 e. The zero-order valence-electron chi connectivity index (χ0n) is 7.38. The van der Waals surface area contributed by atoms with Crippen LogP contribution in [0.15, 0.2) is 0 Å². The topological polar surface area (TPSA) is 87.0 Å². The first-order chi connectivity index (χ1) is 6.06. The summed E-state index contributed by atoms with van der Waals surface area (Å²) >= 11 is 0. The number of carboxylic acid groups (broad SMARTS) is 1. The second-order valence-electron chi connectivity index (χ2n) is 3.20. The van der Waals surface area contributed by atoms with E-state index in [0.717, 1.165) is 0 Å². The molecule has 0 saturated carbocycles. The lowest BCUT2D eigenvalue weighted by molar-refractivity contribution is -0.189. The highest BCUT2D eigenvalue weighted by molar-refractivity contribution is 5.72. The van der Waals surface area contributed by atoms with Crippen LogP contribution in [-0.2, 0) is 9.53 Å². The fourth-order valence-electron chi connectivity index (χ4n) is 1.45. The highest BCUT2D eigenvalue weighted by Crippen LogP contribution is 2.22. The second kappa shape index (κ2) is 4.04. The van der Waals surface area contributed by atoms with Crippen molar-refractivity contribution in [2.24, 2.45) is 0 Å². The fraction of sp³-hybridized carbons (Fsp3) is 0.875. The molecule has 1 aliphatic rings. The molecule has 76 valence electrons. The van der Waals surface area contributed by atoms with Crippen LogP contribution in [0, 0.1) is 0 Å². The third-order valence-electron chi connectivity index (χ3n) is 2.25. The molecule has 5 nitrogen and oxygen atoms in total. The van der Waals surface area contributed by atoms with E-state index in [1.807, 2.05) is 0 Å². The summed E-state index contributed by atoms with van der Waals surface area (Å²) in [7, 11) is 0. The zero-order chi connectivity index (χ0) is 10.0. The summed E-state index contributed by atoms with van der Waals surface area (Å²) < 4.78 is 5.07. The van der Waals surface area contributed by atoms with Gasteiger partial charge in [0.1, 0.15) is 6.10 Å². The first kappa shape index (κ1) is 10.4. The highest BCUT2D eigenvalue weighted by atomic mass is 16.5. The number of rotatable bonds is 2. The molecule has 0 aliphatic carbocycles. The van der Waals surface area contributed by atoms with E-state index < -0.39 is 30.4 Å². The van der Waals surface area contributed by atoms with Crippen molar-refractivity contribution in [2.45, 2.75) is 44.2 Å². The van der Waals surface area contributed by atoms with E-state index in [4.69, 9.17) is 9.84 Å². The molecule has 1 unspecified atom stereocenters. The van der Waals surface area contributed by atoms with Gasteiger partial charge in [-0.15, -0.1) is 0 Å². The molecule has 0 radical (unpaired) electrons.